The van der Waals surface area contributed by atoms with Crippen LogP contribution < -0.4 is 10.0 Å². The quantitative estimate of drug-likeness (QED) is 0.359. The molecule has 0 aliphatic rings. The lowest BCUT2D eigenvalue weighted by Gasteiger charge is -2.14. The van der Waals surface area contributed by atoms with Crippen LogP contribution in [0.4, 0.5) is 17.3 Å². The lowest BCUT2D eigenvalue weighted by Crippen LogP contribution is -2.16. The number of aromatic nitrogens is 2. The summed E-state index contributed by atoms with van der Waals surface area (Å²) >= 11 is 17.9. The number of benzene rings is 3. The average molecular weight is 480 g/mol. The van der Waals surface area contributed by atoms with Gasteiger partial charge in [-0.25, -0.2) is 18.4 Å². The number of sulfonamides is 1. The van der Waals surface area contributed by atoms with Crippen molar-refractivity contribution in [3.05, 3.63) is 81.8 Å². The van der Waals surface area contributed by atoms with E-state index in [9.17, 15) is 8.42 Å². The first-order chi connectivity index (χ1) is 14.3. The Morgan fingerprint density at radius 1 is 0.733 bits per heavy atom. The van der Waals surface area contributed by atoms with Crippen LogP contribution >= 0.6 is 34.8 Å². The monoisotopic (exact) mass is 478 g/mol. The molecule has 0 saturated carbocycles. The van der Waals surface area contributed by atoms with Crippen molar-refractivity contribution in [3.8, 4) is 0 Å². The number of hydrogen-bond acceptors (Lipinski definition) is 5. The van der Waals surface area contributed by atoms with E-state index in [0.29, 0.717) is 31.8 Å². The molecule has 0 aliphatic carbocycles. The van der Waals surface area contributed by atoms with Gasteiger partial charge in [0.15, 0.2) is 11.6 Å². The minimum atomic E-state index is -3.93. The first kappa shape index (κ1) is 20.7. The topological polar surface area (TPSA) is 84.0 Å². The van der Waals surface area contributed by atoms with Crippen LogP contribution in [0, 0.1) is 0 Å². The third kappa shape index (κ3) is 4.44. The number of nitrogens with zero attached hydrogens (tertiary/aromatic N) is 2. The zero-order chi connectivity index (χ0) is 21.3. The third-order valence-corrected chi connectivity index (χ3v) is 6.45. The molecule has 2 N–H and O–H groups in total. The smallest absolute Gasteiger partial charge is 0.263 e. The summed E-state index contributed by atoms with van der Waals surface area (Å²) in [7, 11) is -3.93. The van der Waals surface area contributed by atoms with Gasteiger partial charge in [-0.15, -0.1) is 0 Å². The second kappa shape index (κ2) is 8.28. The Morgan fingerprint density at radius 2 is 1.37 bits per heavy atom. The van der Waals surface area contributed by atoms with Crippen molar-refractivity contribution < 1.29 is 8.42 Å². The highest BCUT2D eigenvalue weighted by atomic mass is 35.5. The first-order valence-electron chi connectivity index (χ1n) is 8.59. The predicted octanol–water partition coefficient (Wildman–Crippen LogP) is 6.13. The Kier molecular flexibility index (Phi) is 5.71. The summed E-state index contributed by atoms with van der Waals surface area (Å²) in [5, 5.41) is 4.23. The zero-order valence-electron chi connectivity index (χ0n) is 15.1. The third-order valence-electron chi connectivity index (χ3n) is 4.11. The van der Waals surface area contributed by atoms with Crippen molar-refractivity contribution in [2.24, 2.45) is 0 Å². The maximum Gasteiger partial charge on any atom is 0.263 e. The van der Waals surface area contributed by atoms with E-state index in [0.717, 1.165) is 0 Å². The lowest BCUT2D eigenvalue weighted by molar-refractivity contribution is 0.601. The first-order valence-corrected chi connectivity index (χ1v) is 11.2. The summed E-state index contributed by atoms with van der Waals surface area (Å²) in [6.45, 7) is 0. The molecule has 0 fully saturated rings. The zero-order valence-corrected chi connectivity index (χ0v) is 18.2. The molecule has 0 amide bonds. The van der Waals surface area contributed by atoms with E-state index in [1.807, 2.05) is 6.07 Å². The molecule has 0 radical (unpaired) electrons. The van der Waals surface area contributed by atoms with E-state index >= 15 is 0 Å². The Bertz CT molecular complexity index is 1350. The highest BCUT2D eigenvalue weighted by Gasteiger charge is 2.19. The van der Waals surface area contributed by atoms with Crippen LogP contribution in [0.1, 0.15) is 0 Å². The number of hydrogen-bond donors (Lipinski definition) is 2. The Labute approximate surface area is 187 Å². The molecule has 30 heavy (non-hydrogen) atoms. The molecule has 6 nitrogen and oxygen atoms in total. The molecular weight excluding hydrogens is 467 g/mol. The highest BCUT2D eigenvalue weighted by molar-refractivity contribution is 7.92. The molecule has 152 valence electrons. The van der Waals surface area contributed by atoms with Gasteiger partial charge in [0.25, 0.3) is 10.0 Å². The van der Waals surface area contributed by atoms with Gasteiger partial charge < -0.3 is 5.32 Å². The molecule has 0 saturated heterocycles. The fourth-order valence-electron chi connectivity index (χ4n) is 2.67. The Hall–Kier alpha value is -2.58. The van der Waals surface area contributed by atoms with Gasteiger partial charge in [-0.2, -0.15) is 0 Å². The van der Waals surface area contributed by atoms with Crippen molar-refractivity contribution in [2.45, 2.75) is 4.90 Å². The van der Waals surface area contributed by atoms with Crippen LogP contribution in [0.3, 0.4) is 0 Å². The largest absolute Gasteiger partial charge is 0.337 e. The minimum Gasteiger partial charge on any atom is -0.337 e. The molecule has 1 heterocycles. The van der Waals surface area contributed by atoms with Gasteiger partial charge in [0.05, 0.1) is 26.0 Å². The average Bonchev–Trinajstić information content (AvgIpc) is 2.71. The van der Waals surface area contributed by atoms with Crippen molar-refractivity contribution >= 4 is 73.2 Å². The fourth-order valence-corrected chi connectivity index (χ4v) is 4.10. The summed E-state index contributed by atoms with van der Waals surface area (Å²) in [4.78, 5) is 9.00. The van der Waals surface area contributed by atoms with Gasteiger partial charge in [0.2, 0.25) is 0 Å². The van der Waals surface area contributed by atoms with Crippen LogP contribution in [0.5, 0.6) is 0 Å². The molecule has 4 aromatic rings. The van der Waals surface area contributed by atoms with Crippen LogP contribution in [0.15, 0.2) is 71.6 Å². The second-order valence-corrected chi connectivity index (χ2v) is 9.16. The maximum absolute atomic E-state index is 12.9. The standard InChI is InChI=1S/C20H13Cl3N4O2S/c21-12-5-8-14(9-6-12)30(28,29)27-20-19(24-13-7-10-15(22)16(23)11-13)25-17-3-1-2-4-18(17)26-20/h1-11H,(H,24,25)(H,26,27). The highest BCUT2D eigenvalue weighted by Crippen LogP contribution is 2.30. The molecule has 4 rings (SSSR count). The lowest BCUT2D eigenvalue weighted by atomic mass is 10.3. The molecule has 3 aromatic carbocycles. The maximum atomic E-state index is 12.9. The van der Waals surface area contributed by atoms with E-state index in [4.69, 9.17) is 34.8 Å². The number of halogens is 3. The minimum absolute atomic E-state index is 0.0368. The van der Waals surface area contributed by atoms with E-state index in [2.05, 4.69) is 20.0 Å². The van der Waals surface area contributed by atoms with Crippen LogP contribution in [0.2, 0.25) is 15.1 Å². The number of anilines is 3. The molecule has 10 heteroatoms. The molecule has 0 bridgehead atoms. The predicted molar refractivity (Wildman–Crippen MR) is 122 cm³/mol. The fraction of sp³-hybridized carbons (Fsp3) is 0. The van der Waals surface area contributed by atoms with Gasteiger partial charge in [-0.3, -0.25) is 4.72 Å². The van der Waals surface area contributed by atoms with Gasteiger partial charge in [0.1, 0.15) is 0 Å². The van der Waals surface area contributed by atoms with Crippen molar-refractivity contribution in [3.63, 3.8) is 0 Å². The van der Waals surface area contributed by atoms with Crippen molar-refractivity contribution in [1.82, 2.24) is 9.97 Å². The van der Waals surface area contributed by atoms with E-state index in [1.165, 1.54) is 24.3 Å². The van der Waals surface area contributed by atoms with Crippen molar-refractivity contribution in [1.29, 1.82) is 0 Å². The van der Waals surface area contributed by atoms with Crippen LogP contribution in [0.25, 0.3) is 11.0 Å². The van der Waals surface area contributed by atoms with E-state index in [-0.39, 0.29) is 16.5 Å². The molecule has 1 aromatic heterocycles. The Morgan fingerprint density at radius 3 is 2.00 bits per heavy atom. The summed E-state index contributed by atoms with van der Waals surface area (Å²) in [6.07, 6.45) is 0. The Balaban J connectivity index is 1.78. The number of fused-ring (bicyclic) bond motifs is 1. The van der Waals surface area contributed by atoms with Gasteiger partial charge in [0, 0.05) is 10.7 Å². The van der Waals surface area contributed by atoms with Crippen LogP contribution in [-0.4, -0.2) is 18.4 Å². The number of para-hydroxylation sites is 2. The molecule has 0 spiro atoms. The summed E-state index contributed by atoms with van der Waals surface area (Å²) < 4.78 is 28.2. The second-order valence-electron chi connectivity index (χ2n) is 6.22. The van der Waals surface area contributed by atoms with E-state index < -0.39 is 10.0 Å². The molecule has 0 aliphatic heterocycles. The van der Waals surface area contributed by atoms with Crippen LogP contribution in [-0.2, 0) is 10.0 Å². The summed E-state index contributed by atoms with van der Waals surface area (Å²) in [6, 6.07) is 17.9. The molecule has 0 unspecified atom stereocenters. The normalized spacial score (nSPS) is 11.4. The summed E-state index contributed by atoms with van der Waals surface area (Å²) in [5.74, 6) is 0.249. The van der Waals surface area contributed by atoms with Gasteiger partial charge in [-0.1, -0.05) is 46.9 Å². The summed E-state index contributed by atoms with van der Waals surface area (Å²) in [5.41, 5.74) is 1.70. The van der Waals surface area contributed by atoms with Gasteiger partial charge >= 0.3 is 0 Å². The van der Waals surface area contributed by atoms with Crippen molar-refractivity contribution in [2.75, 3.05) is 10.0 Å². The molecular formula is C20H13Cl3N4O2S. The number of nitrogens with one attached hydrogen (secondary N) is 2. The SMILES string of the molecule is O=S(=O)(Nc1nc2ccccc2nc1Nc1ccc(Cl)c(Cl)c1)c1ccc(Cl)cc1. The number of rotatable bonds is 5. The molecule has 0 atom stereocenters. The van der Waals surface area contributed by atoms with Gasteiger partial charge in [-0.05, 0) is 54.6 Å². The van der Waals surface area contributed by atoms with E-state index in [1.54, 1.807) is 36.4 Å².